The molecule has 0 radical (unpaired) electrons. The SMILES string of the molecule is CC(C)CC(N)C(=O)NC(C)C(=O)NC(CC(C)C)C(=O)NC(C)C(=O)O. The van der Waals surface area contributed by atoms with Crippen molar-refractivity contribution in [2.45, 2.75) is 78.6 Å². The van der Waals surface area contributed by atoms with Crippen LogP contribution in [0.2, 0.25) is 0 Å². The van der Waals surface area contributed by atoms with E-state index in [1.54, 1.807) is 0 Å². The summed E-state index contributed by atoms with van der Waals surface area (Å²) in [6, 6.07) is -3.57. The van der Waals surface area contributed by atoms with Crippen molar-refractivity contribution in [2.24, 2.45) is 17.6 Å². The number of hydrogen-bond acceptors (Lipinski definition) is 5. The number of amides is 3. The van der Waals surface area contributed by atoms with Crippen LogP contribution in [0.4, 0.5) is 0 Å². The average molecular weight is 386 g/mol. The van der Waals surface area contributed by atoms with Crippen LogP contribution < -0.4 is 21.7 Å². The van der Waals surface area contributed by atoms with E-state index >= 15 is 0 Å². The van der Waals surface area contributed by atoms with Crippen molar-refractivity contribution in [1.29, 1.82) is 0 Å². The summed E-state index contributed by atoms with van der Waals surface area (Å²) >= 11 is 0. The van der Waals surface area contributed by atoms with E-state index in [2.05, 4.69) is 16.0 Å². The minimum Gasteiger partial charge on any atom is -0.480 e. The predicted molar refractivity (Wildman–Crippen MR) is 102 cm³/mol. The molecule has 0 rings (SSSR count). The monoisotopic (exact) mass is 386 g/mol. The van der Waals surface area contributed by atoms with Crippen LogP contribution in [0.15, 0.2) is 0 Å². The molecule has 0 aromatic carbocycles. The lowest BCUT2D eigenvalue weighted by atomic mass is 10.0. The van der Waals surface area contributed by atoms with Gasteiger partial charge in [-0.3, -0.25) is 19.2 Å². The second-order valence-electron chi connectivity index (χ2n) is 7.73. The molecule has 0 aromatic heterocycles. The molecule has 0 aliphatic heterocycles. The van der Waals surface area contributed by atoms with E-state index in [0.717, 1.165) is 0 Å². The maximum absolute atomic E-state index is 12.4. The van der Waals surface area contributed by atoms with Gasteiger partial charge in [0.05, 0.1) is 6.04 Å². The number of carbonyl (C=O) groups is 4. The molecule has 27 heavy (non-hydrogen) atoms. The summed E-state index contributed by atoms with van der Waals surface area (Å²) in [6.45, 7) is 10.5. The van der Waals surface area contributed by atoms with Gasteiger partial charge in [0.1, 0.15) is 18.1 Å². The number of hydrogen-bond donors (Lipinski definition) is 5. The van der Waals surface area contributed by atoms with Gasteiger partial charge in [-0.2, -0.15) is 0 Å². The second-order valence-corrected chi connectivity index (χ2v) is 7.73. The average Bonchev–Trinajstić information content (AvgIpc) is 2.52. The lowest BCUT2D eigenvalue weighted by Crippen LogP contribution is -2.56. The molecular weight excluding hydrogens is 352 g/mol. The predicted octanol–water partition coefficient (Wildman–Crippen LogP) is -0.0153. The smallest absolute Gasteiger partial charge is 0.325 e. The van der Waals surface area contributed by atoms with E-state index in [9.17, 15) is 19.2 Å². The molecule has 6 N–H and O–H groups in total. The molecule has 0 heterocycles. The molecule has 0 aliphatic carbocycles. The maximum Gasteiger partial charge on any atom is 0.325 e. The lowest BCUT2D eigenvalue weighted by molar-refractivity contribution is -0.141. The lowest BCUT2D eigenvalue weighted by Gasteiger charge is -2.24. The van der Waals surface area contributed by atoms with E-state index in [4.69, 9.17) is 10.8 Å². The maximum atomic E-state index is 12.4. The summed E-state index contributed by atoms with van der Waals surface area (Å²) < 4.78 is 0. The molecule has 9 heteroatoms. The summed E-state index contributed by atoms with van der Waals surface area (Å²) in [6.07, 6.45) is 0.822. The zero-order chi connectivity index (χ0) is 21.3. The molecule has 0 aliphatic rings. The molecule has 156 valence electrons. The zero-order valence-electron chi connectivity index (χ0n) is 17.0. The first-order chi connectivity index (χ1) is 12.3. The van der Waals surface area contributed by atoms with Crippen LogP contribution in [-0.4, -0.2) is 53.0 Å². The molecule has 0 fully saturated rings. The van der Waals surface area contributed by atoms with Gasteiger partial charge >= 0.3 is 5.97 Å². The Kier molecular flexibility index (Phi) is 10.6. The van der Waals surface area contributed by atoms with Gasteiger partial charge in [-0.15, -0.1) is 0 Å². The summed E-state index contributed by atoms with van der Waals surface area (Å²) in [5.74, 6) is -2.39. The van der Waals surface area contributed by atoms with Gasteiger partial charge in [0.25, 0.3) is 0 Å². The highest BCUT2D eigenvalue weighted by Gasteiger charge is 2.28. The Bertz CT molecular complexity index is 536. The quantitative estimate of drug-likeness (QED) is 0.337. The minimum atomic E-state index is -1.17. The van der Waals surface area contributed by atoms with Crippen molar-refractivity contribution in [1.82, 2.24) is 16.0 Å². The summed E-state index contributed by atoms with van der Waals surface area (Å²) in [5.41, 5.74) is 5.80. The summed E-state index contributed by atoms with van der Waals surface area (Å²) in [4.78, 5) is 47.6. The first-order valence-corrected chi connectivity index (χ1v) is 9.24. The standard InChI is InChI=1S/C18H34N4O5/c1-9(2)7-13(19)16(24)20-11(5)15(23)22-14(8-10(3)4)17(25)21-12(6)18(26)27/h9-14H,7-8,19H2,1-6H3,(H,20,24)(H,21,25)(H,22,23)(H,26,27). The number of carbonyl (C=O) groups excluding carboxylic acids is 3. The normalized spacial score (nSPS) is 15.6. The fourth-order valence-electron chi connectivity index (χ4n) is 2.38. The van der Waals surface area contributed by atoms with E-state index in [1.807, 2.05) is 27.7 Å². The van der Waals surface area contributed by atoms with Gasteiger partial charge in [-0.05, 0) is 38.5 Å². The molecule has 0 bridgehead atoms. The first-order valence-electron chi connectivity index (χ1n) is 9.24. The van der Waals surface area contributed by atoms with E-state index in [1.165, 1.54) is 13.8 Å². The number of nitrogens with one attached hydrogen (secondary N) is 3. The molecule has 0 saturated carbocycles. The van der Waals surface area contributed by atoms with Crippen LogP contribution in [0.1, 0.15) is 54.4 Å². The first kappa shape index (κ1) is 24.8. The van der Waals surface area contributed by atoms with Gasteiger partial charge in [0.15, 0.2) is 0 Å². The zero-order valence-corrected chi connectivity index (χ0v) is 17.0. The molecule has 0 aromatic rings. The fourth-order valence-corrected chi connectivity index (χ4v) is 2.38. The third-order valence-corrected chi connectivity index (χ3v) is 3.88. The van der Waals surface area contributed by atoms with Gasteiger partial charge in [-0.1, -0.05) is 27.7 Å². The molecule has 4 atom stereocenters. The number of carboxylic acids is 1. The van der Waals surface area contributed by atoms with Crippen molar-refractivity contribution in [3.63, 3.8) is 0 Å². The number of rotatable bonds is 11. The van der Waals surface area contributed by atoms with Crippen LogP contribution in [-0.2, 0) is 19.2 Å². The van der Waals surface area contributed by atoms with Crippen LogP contribution in [0.3, 0.4) is 0 Å². The second kappa shape index (κ2) is 11.5. The van der Waals surface area contributed by atoms with Crippen LogP contribution in [0.25, 0.3) is 0 Å². The Morgan fingerprint density at radius 1 is 0.741 bits per heavy atom. The van der Waals surface area contributed by atoms with E-state index in [0.29, 0.717) is 12.8 Å². The third-order valence-electron chi connectivity index (χ3n) is 3.88. The molecule has 0 saturated heterocycles. The molecular formula is C18H34N4O5. The Hall–Kier alpha value is -2.16. The largest absolute Gasteiger partial charge is 0.480 e. The molecule has 9 nitrogen and oxygen atoms in total. The van der Waals surface area contributed by atoms with Gasteiger partial charge in [0, 0.05) is 0 Å². The van der Waals surface area contributed by atoms with Crippen molar-refractivity contribution in [2.75, 3.05) is 0 Å². The van der Waals surface area contributed by atoms with E-state index in [-0.39, 0.29) is 11.8 Å². The van der Waals surface area contributed by atoms with Crippen molar-refractivity contribution in [3.8, 4) is 0 Å². The number of aliphatic carboxylic acids is 1. The Morgan fingerprint density at radius 3 is 1.67 bits per heavy atom. The van der Waals surface area contributed by atoms with Crippen LogP contribution in [0, 0.1) is 11.8 Å². The van der Waals surface area contributed by atoms with Gasteiger partial charge in [-0.25, -0.2) is 0 Å². The minimum absolute atomic E-state index is 0.0885. The van der Waals surface area contributed by atoms with Crippen molar-refractivity contribution < 1.29 is 24.3 Å². The molecule has 0 spiro atoms. The Labute approximate surface area is 160 Å². The highest BCUT2D eigenvalue weighted by atomic mass is 16.4. The molecule has 4 unspecified atom stereocenters. The summed E-state index contributed by atoms with van der Waals surface area (Å²) in [5, 5.41) is 16.4. The van der Waals surface area contributed by atoms with Crippen LogP contribution >= 0.6 is 0 Å². The van der Waals surface area contributed by atoms with Crippen LogP contribution in [0.5, 0.6) is 0 Å². The highest BCUT2D eigenvalue weighted by Crippen LogP contribution is 2.07. The molecule has 3 amide bonds. The highest BCUT2D eigenvalue weighted by molar-refractivity contribution is 5.93. The fraction of sp³-hybridized carbons (Fsp3) is 0.778. The van der Waals surface area contributed by atoms with Gasteiger partial charge in [0.2, 0.25) is 17.7 Å². The number of carboxylic acid groups (broad SMARTS) is 1. The summed E-state index contributed by atoms with van der Waals surface area (Å²) in [7, 11) is 0. The Balaban J connectivity index is 4.89. The number of nitrogens with two attached hydrogens (primary N) is 1. The third kappa shape index (κ3) is 9.93. The topological polar surface area (TPSA) is 151 Å². The van der Waals surface area contributed by atoms with E-state index < -0.39 is 47.9 Å². The Morgan fingerprint density at radius 2 is 1.22 bits per heavy atom. The van der Waals surface area contributed by atoms with Crippen molar-refractivity contribution in [3.05, 3.63) is 0 Å². The van der Waals surface area contributed by atoms with Crippen molar-refractivity contribution >= 4 is 23.7 Å². The van der Waals surface area contributed by atoms with Gasteiger partial charge < -0.3 is 26.8 Å².